The maximum atomic E-state index is 12.4. The Morgan fingerprint density at radius 3 is 2.88 bits per heavy atom. The highest BCUT2D eigenvalue weighted by Crippen LogP contribution is 2.24. The van der Waals surface area contributed by atoms with Crippen LogP contribution in [0.15, 0.2) is 24.5 Å². The highest BCUT2D eigenvalue weighted by Gasteiger charge is 2.23. The predicted octanol–water partition coefficient (Wildman–Crippen LogP) is 2.39. The summed E-state index contributed by atoms with van der Waals surface area (Å²) < 4.78 is 6.63. The van der Waals surface area contributed by atoms with Gasteiger partial charge < -0.3 is 15.4 Å². The molecule has 1 aromatic carbocycles. The zero-order valence-corrected chi connectivity index (χ0v) is 14.4. The van der Waals surface area contributed by atoms with Gasteiger partial charge in [0.05, 0.1) is 11.6 Å². The van der Waals surface area contributed by atoms with Crippen LogP contribution in [0.1, 0.15) is 48.1 Å². The number of hydrogen-bond acceptors (Lipinski definition) is 5. The maximum Gasteiger partial charge on any atom is 0.338 e. The highest BCUT2D eigenvalue weighted by molar-refractivity contribution is 5.95. The lowest BCUT2D eigenvalue weighted by atomic mass is 10.0. The summed E-state index contributed by atoms with van der Waals surface area (Å²) in [7, 11) is 1.80. The molecule has 0 saturated carbocycles. The van der Waals surface area contributed by atoms with Gasteiger partial charge in [-0.05, 0) is 30.5 Å². The largest absolute Gasteiger partial charge is 0.457 e. The summed E-state index contributed by atoms with van der Waals surface area (Å²) in [6.45, 7) is 4.40. The molecule has 2 heterocycles. The summed E-state index contributed by atoms with van der Waals surface area (Å²) in [6.07, 6.45) is 2.21. The lowest BCUT2D eigenvalue weighted by molar-refractivity contribution is 0.0535. The number of aromatic nitrogens is 3. The van der Waals surface area contributed by atoms with Crippen LogP contribution in [0.3, 0.4) is 0 Å². The zero-order chi connectivity index (χ0) is 18.0. The molecule has 2 N–H and O–H groups in total. The molecule has 2 amide bonds. The van der Waals surface area contributed by atoms with Crippen LogP contribution in [-0.4, -0.2) is 26.8 Å². The van der Waals surface area contributed by atoms with Gasteiger partial charge in [-0.3, -0.25) is 4.68 Å². The van der Waals surface area contributed by atoms with Crippen LogP contribution in [0, 0.1) is 5.92 Å². The SMILES string of the molecule is CC(C)C[C@H](NC(=O)Nc1ccc2c(c1)COC2=O)c1ncnn1C. The van der Waals surface area contributed by atoms with Crippen molar-refractivity contribution in [3.8, 4) is 0 Å². The third-order valence-corrected chi connectivity index (χ3v) is 4.01. The van der Waals surface area contributed by atoms with E-state index in [1.807, 2.05) is 0 Å². The van der Waals surface area contributed by atoms with Crippen molar-refractivity contribution < 1.29 is 14.3 Å². The zero-order valence-electron chi connectivity index (χ0n) is 14.4. The van der Waals surface area contributed by atoms with Gasteiger partial charge in [0.1, 0.15) is 18.8 Å². The Balaban J connectivity index is 1.70. The molecule has 1 atom stereocenters. The van der Waals surface area contributed by atoms with E-state index in [0.717, 1.165) is 12.0 Å². The quantitative estimate of drug-likeness (QED) is 0.812. The topological polar surface area (TPSA) is 98.1 Å². The number of nitrogens with one attached hydrogen (secondary N) is 2. The van der Waals surface area contributed by atoms with Crippen LogP contribution in [0.5, 0.6) is 0 Å². The Morgan fingerprint density at radius 2 is 2.20 bits per heavy atom. The number of hydrogen-bond donors (Lipinski definition) is 2. The van der Waals surface area contributed by atoms with E-state index in [9.17, 15) is 9.59 Å². The number of ether oxygens (including phenoxy) is 1. The Bertz CT molecular complexity index is 799. The van der Waals surface area contributed by atoms with Gasteiger partial charge in [-0.1, -0.05) is 13.8 Å². The Hall–Kier alpha value is -2.90. The minimum atomic E-state index is -0.334. The minimum absolute atomic E-state index is 0.236. The first-order valence-corrected chi connectivity index (χ1v) is 8.15. The summed E-state index contributed by atoms with van der Waals surface area (Å²) in [6, 6.07) is 4.52. The highest BCUT2D eigenvalue weighted by atomic mass is 16.5. The van der Waals surface area contributed by atoms with Crippen molar-refractivity contribution in [1.29, 1.82) is 0 Å². The Labute approximate surface area is 145 Å². The molecule has 0 spiro atoms. The summed E-state index contributed by atoms with van der Waals surface area (Å²) >= 11 is 0. The molecule has 2 aromatic rings. The number of esters is 1. The number of nitrogens with zero attached hydrogens (tertiary/aromatic N) is 3. The number of aryl methyl sites for hydroxylation is 1. The van der Waals surface area contributed by atoms with Crippen molar-refractivity contribution in [1.82, 2.24) is 20.1 Å². The first kappa shape index (κ1) is 16.9. The molecule has 0 radical (unpaired) electrons. The first-order chi connectivity index (χ1) is 11.9. The number of rotatable bonds is 5. The van der Waals surface area contributed by atoms with E-state index in [1.54, 1.807) is 29.9 Å². The average molecular weight is 343 g/mol. The number of amides is 2. The van der Waals surface area contributed by atoms with Crippen molar-refractivity contribution >= 4 is 17.7 Å². The molecule has 8 nitrogen and oxygen atoms in total. The van der Waals surface area contributed by atoms with E-state index in [2.05, 4.69) is 34.6 Å². The minimum Gasteiger partial charge on any atom is -0.457 e. The van der Waals surface area contributed by atoms with Crippen molar-refractivity contribution in [2.75, 3.05) is 5.32 Å². The van der Waals surface area contributed by atoms with E-state index in [4.69, 9.17) is 4.74 Å². The molecule has 0 aliphatic carbocycles. The van der Waals surface area contributed by atoms with Crippen LogP contribution in [0.4, 0.5) is 10.5 Å². The number of cyclic esters (lactones) is 1. The van der Waals surface area contributed by atoms with E-state index in [-0.39, 0.29) is 24.6 Å². The molecule has 1 aliphatic rings. The molecule has 25 heavy (non-hydrogen) atoms. The van der Waals surface area contributed by atoms with Crippen LogP contribution in [0.25, 0.3) is 0 Å². The van der Waals surface area contributed by atoms with Crippen molar-refractivity contribution in [3.63, 3.8) is 0 Å². The number of fused-ring (bicyclic) bond motifs is 1. The van der Waals surface area contributed by atoms with E-state index in [1.165, 1.54) is 6.33 Å². The normalized spacial score (nSPS) is 14.2. The van der Waals surface area contributed by atoms with Gasteiger partial charge in [0.15, 0.2) is 0 Å². The molecule has 0 unspecified atom stereocenters. The van der Waals surface area contributed by atoms with Crippen LogP contribution >= 0.6 is 0 Å². The second kappa shape index (κ2) is 6.92. The van der Waals surface area contributed by atoms with Crippen molar-refractivity contribution in [2.45, 2.75) is 32.9 Å². The Morgan fingerprint density at radius 1 is 1.40 bits per heavy atom. The third kappa shape index (κ3) is 3.78. The van der Waals surface area contributed by atoms with Crippen LogP contribution in [-0.2, 0) is 18.4 Å². The predicted molar refractivity (Wildman–Crippen MR) is 90.9 cm³/mol. The number of carbonyl (C=O) groups excluding carboxylic acids is 2. The monoisotopic (exact) mass is 343 g/mol. The third-order valence-electron chi connectivity index (χ3n) is 4.01. The lowest BCUT2D eigenvalue weighted by Gasteiger charge is -2.20. The fourth-order valence-corrected chi connectivity index (χ4v) is 2.86. The maximum absolute atomic E-state index is 12.4. The molecule has 0 saturated heterocycles. The van der Waals surface area contributed by atoms with Gasteiger partial charge in [0.25, 0.3) is 0 Å². The first-order valence-electron chi connectivity index (χ1n) is 8.15. The van der Waals surface area contributed by atoms with Gasteiger partial charge in [0.2, 0.25) is 0 Å². The molecule has 3 rings (SSSR count). The van der Waals surface area contributed by atoms with E-state index < -0.39 is 0 Å². The number of benzene rings is 1. The summed E-state index contributed by atoms with van der Waals surface area (Å²) in [4.78, 5) is 28.1. The summed E-state index contributed by atoms with van der Waals surface area (Å²) in [5, 5.41) is 9.81. The van der Waals surface area contributed by atoms with Gasteiger partial charge in [0, 0.05) is 18.3 Å². The van der Waals surface area contributed by atoms with Crippen molar-refractivity contribution in [2.24, 2.45) is 13.0 Å². The second-order valence-corrected chi connectivity index (χ2v) is 6.47. The van der Waals surface area contributed by atoms with Gasteiger partial charge in [-0.2, -0.15) is 5.10 Å². The number of urea groups is 1. The fourth-order valence-electron chi connectivity index (χ4n) is 2.86. The van der Waals surface area contributed by atoms with Crippen molar-refractivity contribution in [3.05, 3.63) is 41.5 Å². The molecule has 1 aromatic heterocycles. The summed E-state index contributed by atoms with van der Waals surface area (Å²) in [5.41, 5.74) is 1.92. The number of carbonyl (C=O) groups is 2. The van der Waals surface area contributed by atoms with Gasteiger partial charge >= 0.3 is 12.0 Å². The van der Waals surface area contributed by atoms with Gasteiger partial charge in [-0.25, -0.2) is 14.6 Å². The summed E-state index contributed by atoms with van der Waals surface area (Å²) in [5.74, 6) is 0.757. The molecular weight excluding hydrogens is 322 g/mol. The second-order valence-electron chi connectivity index (χ2n) is 6.47. The van der Waals surface area contributed by atoms with Crippen LogP contribution < -0.4 is 10.6 Å². The van der Waals surface area contributed by atoms with E-state index >= 15 is 0 Å². The Kier molecular flexibility index (Phi) is 4.69. The standard InChI is InChI=1S/C17H21N5O3/c1-10(2)6-14(15-18-9-19-22(15)3)21-17(24)20-12-4-5-13-11(7-12)8-25-16(13)23/h4-5,7,9-10,14H,6,8H2,1-3H3,(H2,20,21,24)/t14-/m0/s1. The molecule has 8 heteroatoms. The number of anilines is 1. The molecule has 0 fully saturated rings. The molecule has 0 bridgehead atoms. The fraction of sp³-hybridized carbons (Fsp3) is 0.412. The van der Waals surface area contributed by atoms with Crippen LogP contribution in [0.2, 0.25) is 0 Å². The molecule has 1 aliphatic heterocycles. The molecule has 132 valence electrons. The van der Waals surface area contributed by atoms with E-state index in [0.29, 0.717) is 23.0 Å². The average Bonchev–Trinajstić information content (AvgIpc) is 3.12. The smallest absolute Gasteiger partial charge is 0.338 e. The van der Waals surface area contributed by atoms with Gasteiger partial charge in [-0.15, -0.1) is 0 Å². The lowest BCUT2D eigenvalue weighted by Crippen LogP contribution is -2.34. The molecular formula is C17H21N5O3.